The standard InChI is InChI=1S/C18H36N2O/c1-4-18(3,20-13-6-7-14-20)17(19-5-2)12-8-10-16-11-9-15-21-16/h16-17,19H,4-15H2,1-3H3. The van der Waals surface area contributed by atoms with E-state index < -0.39 is 0 Å². The van der Waals surface area contributed by atoms with E-state index in [9.17, 15) is 0 Å². The average molecular weight is 296 g/mol. The monoisotopic (exact) mass is 296 g/mol. The molecule has 124 valence electrons. The van der Waals surface area contributed by atoms with E-state index in [0.717, 1.165) is 13.2 Å². The number of nitrogens with zero attached hydrogens (tertiary/aromatic N) is 1. The zero-order chi connectivity index (χ0) is 15.1. The number of rotatable bonds is 9. The number of likely N-dealkylation sites (N-methyl/N-ethyl adjacent to an activating group) is 1. The second kappa shape index (κ2) is 8.50. The highest BCUT2D eigenvalue weighted by Crippen LogP contribution is 2.31. The van der Waals surface area contributed by atoms with E-state index in [1.165, 1.54) is 64.5 Å². The Morgan fingerprint density at radius 2 is 2.00 bits per heavy atom. The molecule has 3 nitrogen and oxygen atoms in total. The fraction of sp³-hybridized carbons (Fsp3) is 1.00. The maximum Gasteiger partial charge on any atom is 0.0576 e. The molecule has 0 aromatic heterocycles. The van der Waals surface area contributed by atoms with Crippen LogP contribution < -0.4 is 5.32 Å². The van der Waals surface area contributed by atoms with Crippen LogP contribution in [0.15, 0.2) is 0 Å². The normalized spacial score (nSPS) is 27.9. The van der Waals surface area contributed by atoms with Crippen LogP contribution in [0.1, 0.15) is 72.1 Å². The summed E-state index contributed by atoms with van der Waals surface area (Å²) in [6, 6.07) is 0.618. The van der Waals surface area contributed by atoms with Crippen LogP contribution in [0.25, 0.3) is 0 Å². The summed E-state index contributed by atoms with van der Waals surface area (Å²) < 4.78 is 5.78. The van der Waals surface area contributed by atoms with Gasteiger partial charge in [-0.05, 0) is 77.9 Å². The van der Waals surface area contributed by atoms with Crippen molar-refractivity contribution in [2.45, 2.75) is 89.8 Å². The van der Waals surface area contributed by atoms with Crippen LogP contribution in [-0.4, -0.2) is 48.8 Å². The molecule has 2 rings (SSSR count). The van der Waals surface area contributed by atoms with Crippen molar-refractivity contribution < 1.29 is 4.74 Å². The minimum Gasteiger partial charge on any atom is -0.378 e. The quantitative estimate of drug-likeness (QED) is 0.704. The topological polar surface area (TPSA) is 24.5 Å². The Hall–Kier alpha value is -0.120. The van der Waals surface area contributed by atoms with Crippen LogP contribution in [-0.2, 0) is 4.74 Å². The first-order valence-corrected chi connectivity index (χ1v) is 9.30. The highest BCUT2D eigenvalue weighted by Gasteiger charge is 2.38. The fourth-order valence-electron chi connectivity index (χ4n) is 4.22. The molecule has 0 bridgehead atoms. The average Bonchev–Trinajstić information content (AvgIpc) is 3.18. The molecule has 0 aromatic rings. The summed E-state index contributed by atoms with van der Waals surface area (Å²) in [7, 11) is 0. The first-order chi connectivity index (χ1) is 10.2. The first-order valence-electron chi connectivity index (χ1n) is 9.30. The van der Waals surface area contributed by atoms with E-state index in [4.69, 9.17) is 4.74 Å². The number of hydrogen-bond donors (Lipinski definition) is 1. The second-order valence-corrected chi connectivity index (χ2v) is 7.08. The van der Waals surface area contributed by atoms with Crippen LogP contribution in [0.4, 0.5) is 0 Å². The van der Waals surface area contributed by atoms with Gasteiger partial charge in [0.25, 0.3) is 0 Å². The van der Waals surface area contributed by atoms with Crippen LogP contribution in [0.2, 0.25) is 0 Å². The van der Waals surface area contributed by atoms with Gasteiger partial charge in [-0.25, -0.2) is 0 Å². The van der Waals surface area contributed by atoms with Gasteiger partial charge in [-0.2, -0.15) is 0 Å². The Kier molecular flexibility index (Phi) is 6.97. The molecule has 2 fully saturated rings. The third-order valence-corrected chi connectivity index (χ3v) is 5.79. The molecule has 2 heterocycles. The van der Waals surface area contributed by atoms with E-state index in [1.54, 1.807) is 0 Å². The van der Waals surface area contributed by atoms with Crippen molar-refractivity contribution in [3.8, 4) is 0 Å². The van der Waals surface area contributed by atoms with Crippen LogP contribution in [0.5, 0.6) is 0 Å². The molecule has 0 saturated carbocycles. The van der Waals surface area contributed by atoms with Crippen molar-refractivity contribution in [2.75, 3.05) is 26.2 Å². The molecule has 0 aromatic carbocycles. The summed E-state index contributed by atoms with van der Waals surface area (Å²) in [5, 5.41) is 3.79. The molecule has 0 aliphatic carbocycles. The number of hydrogen-bond acceptors (Lipinski definition) is 3. The molecule has 0 radical (unpaired) electrons. The predicted octanol–water partition coefficient (Wildman–Crippen LogP) is 3.58. The molecule has 3 atom stereocenters. The molecule has 2 aliphatic rings. The molecule has 2 saturated heterocycles. The highest BCUT2D eigenvalue weighted by atomic mass is 16.5. The first kappa shape index (κ1) is 17.2. The lowest BCUT2D eigenvalue weighted by atomic mass is 9.84. The minimum atomic E-state index is 0.322. The van der Waals surface area contributed by atoms with Crippen molar-refractivity contribution in [1.29, 1.82) is 0 Å². The highest BCUT2D eigenvalue weighted by molar-refractivity contribution is 4.97. The lowest BCUT2D eigenvalue weighted by molar-refractivity contribution is 0.0722. The predicted molar refractivity (Wildman–Crippen MR) is 89.8 cm³/mol. The van der Waals surface area contributed by atoms with Crippen molar-refractivity contribution >= 4 is 0 Å². The van der Waals surface area contributed by atoms with Gasteiger partial charge in [0.15, 0.2) is 0 Å². The molecular formula is C18H36N2O. The van der Waals surface area contributed by atoms with Crippen molar-refractivity contribution in [3.63, 3.8) is 0 Å². The Labute approximate surface area is 131 Å². The summed E-state index contributed by atoms with van der Waals surface area (Å²) in [5.74, 6) is 0. The molecule has 0 amide bonds. The SMILES string of the molecule is CCNC(CCCC1CCCO1)C(C)(CC)N1CCCC1. The van der Waals surface area contributed by atoms with Gasteiger partial charge in [0.1, 0.15) is 0 Å². The number of likely N-dealkylation sites (tertiary alicyclic amines) is 1. The smallest absolute Gasteiger partial charge is 0.0576 e. The molecule has 21 heavy (non-hydrogen) atoms. The Bertz CT molecular complexity index is 285. The van der Waals surface area contributed by atoms with Gasteiger partial charge in [0.2, 0.25) is 0 Å². The molecule has 0 spiro atoms. The fourth-order valence-corrected chi connectivity index (χ4v) is 4.22. The van der Waals surface area contributed by atoms with E-state index in [0.29, 0.717) is 17.7 Å². The van der Waals surface area contributed by atoms with Crippen molar-refractivity contribution in [2.24, 2.45) is 0 Å². The lowest BCUT2D eigenvalue weighted by Crippen LogP contribution is -2.58. The number of ether oxygens (including phenoxy) is 1. The zero-order valence-corrected chi connectivity index (χ0v) is 14.5. The van der Waals surface area contributed by atoms with E-state index in [-0.39, 0.29) is 0 Å². The Morgan fingerprint density at radius 1 is 1.24 bits per heavy atom. The third-order valence-electron chi connectivity index (χ3n) is 5.79. The largest absolute Gasteiger partial charge is 0.378 e. The van der Waals surface area contributed by atoms with E-state index in [2.05, 4.69) is 31.0 Å². The molecule has 3 unspecified atom stereocenters. The van der Waals surface area contributed by atoms with Gasteiger partial charge in [-0.3, -0.25) is 4.90 Å². The molecular weight excluding hydrogens is 260 g/mol. The van der Waals surface area contributed by atoms with Crippen molar-refractivity contribution in [3.05, 3.63) is 0 Å². The third kappa shape index (κ3) is 4.43. The van der Waals surface area contributed by atoms with Gasteiger partial charge in [-0.1, -0.05) is 13.8 Å². The van der Waals surface area contributed by atoms with E-state index >= 15 is 0 Å². The van der Waals surface area contributed by atoms with Gasteiger partial charge >= 0.3 is 0 Å². The summed E-state index contributed by atoms with van der Waals surface area (Å²) in [6.07, 6.45) is 10.9. The Balaban J connectivity index is 1.88. The second-order valence-electron chi connectivity index (χ2n) is 7.08. The van der Waals surface area contributed by atoms with Gasteiger partial charge < -0.3 is 10.1 Å². The summed E-state index contributed by atoms with van der Waals surface area (Å²) >= 11 is 0. The van der Waals surface area contributed by atoms with Crippen LogP contribution in [0, 0.1) is 0 Å². The summed E-state index contributed by atoms with van der Waals surface area (Å²) in [5.41, 5.74) is 0.322. The molecule has 2 aliphatic heterocycles. The van der Waals surface area contributed by atoms with Gasteiger partial charge in [0.05, 0.1) is 6.10 Å². The van der Waals surface area contributed by atoms with E-state index in [1.807, 2.05) is 0 Å². The van der Waals surface area contributed by atoms with Gasteiger partial charge in [-0.15, -0.1) is 0 Å². The lowest BCUT2D eigenvalue weighted by Gasteiger charge is -2.45. The van der Waals surface area contributed by atoms with Gasteiger partial charge in [0, 0.05) is 18.2 Å². The summed E-state index contributed by atoms with van der Waals surface area (Å²) in [4.78, 5) is 2.74. The molecule has 1 N–H and O–H groups in total. The molecule has 3 heteroatoms. The van der Waals surface area contributed by atoms with Crippen LogP contribution in [0.3, 0.4) is 0 Å². The zero-order valence-electron chi connectivity index (χ0n) is 14.5. The van der Waals surface area contributed by atoms with Crippen LogP contribution >= 0.6 is 0 Å². The number of nitrogens with one attached hydrogen (secondary N) is 1. The maximum absolute atomic E-state index is 5.78. The Morgan fingerprint density at radius 3 is 2.57 bits per heavy atom. The van der Waals surface area contributed by atoms with Crippen molar-refractivity contribution in [1.82, 2.24) is 10.2 Å². The summed E-state index contributed by atoms with van der Waals surface area (Å²) in [6.45, 7) is 11.7. The maximum atomic E-state index is 5.78. The minimum absolute atomic E-state index is 0.322.